The van der Waals surface area contributed by atoms with Gasteiger partial charge in [-0.2, -0.15) is 0 Å². The minimum absolute atomic E-state index is 0.0669. The third-order valence-corrected chi connectivity index (χ3v) is 6.62. The second-order valence-corrected chi connectivity index (χ2v) is 8.80. The lowest BCUT2D eigenvalue weighted by Crippen LogP contribution is -2.36. The van der Waals surface area contributed by atoms with E-state index in [0.29, 0.717) is 12.1 Å². The van der Waals surface area contributed by atoms with Crippen LogP contribution in [0.1, 0.15) is 61.5 Å². The summed E-state index contributed by atoms with van der Waals surface area (Å²) >= 11 is 0. The molecule has 3 aromatic rings. The van der Waals surface area contributed by atoms with E-state index in [0.717, 1.165) is 67.7 Å². The Kier molecular flexibility index (Phi) is 5.82. The van der Waals surface area contributed by atoms with Crippen molar-refractivity contribution in [2.45, 2.75) is 64.1 Å². The van der Waals surface area contributed by atoms with Crippen molar-refractivity contribution in [2.75, 3.05) is 19.7 Å². The first kappa shape index (κ1) is 20.3. The maximum absolute atomic E-state index is 13.3. The lowest BCUT2D eigenvalue weighted by atomic mass is 10.0. The monoisotopic (exact) mass is 422 g/mol. The molecule has 1 N–H and O–H groups in total. The summed E-state index contributed by atoms with van der Waals surface area (Å²) in [6, 6.07) is 7.86. The highest BCUT2D eigenvalue weighted by atomic mass is 16.5. The second kappa shape index (κ2) is 8.88. The number of benzene rings is 1. The Morgan fingerprint density at radius 1 is 1.19 bits per heavy atom. The third-order valence-electron chi connectivity index (χ3n) is 6.62. The van der Waals surface area contributed by atoms with Gasteiger partial charge >= 0.3 is 0 Å². The Hall–Kier alpha value is -2.58. The quantitative estimate of drug-likeness (QED) is 0.680. The average Bonchev–Trinajstić information content (AvgIpc) is 3.37. The highest BCUT2D eigenvalue weighted by molar-refractivity contribution is 5.82. The van der Waals surface area contributed by atoms with Gasteiger partial charge in [-0.1, -0.05) is 31.0 Å². The number of rotatable bonds is 5. The van der Waals surface area contributed by atoms with Crippen molar-refractivity contribution in [3.8, 4) is 0 Å². The number of tetrazole rings is 1. The molecule has 8 heteroatoms. The molecule has 2 fully saturated rings. The van der Waals surface area contributed by atoms with Crippen LogP contribution in [0, 0.1) is 6.92 Å². The third kappa shape index (κ3) is 4.14. The van der Waals surface area contributed by atoms with Crippen molar-refractivity contribution in [1.29, 1.82) is 0 Å². The fourth-order valence-corrected chi connectivity index (χ4v) is 4.97. The number of aryl methyl sites for hydroxylation is 1. The van der Waals surface area contributed by atoms with Gasteiger partial charge in [0.05, 0.1) is 18.2 Å². The number of nitrogens with one attached hydrogen (secondary N) is 1. The molecule has 2 aliphatic heterocycles. The molecule has 31 heavy (non-hydrogen) atoms. The summed E-state index contributed by atoms with van der Waals surface area (Å²) in [5.41, 5.74) is 2.60. The molecule has 2 aromatic heterocycles. The summed E-state index contributed by atoms with van der Waals surface area (Å²) in [7, 11) is 0. The molecule has 2 saturated heterocycles. The summed E-state index contributed by atoms with van der Waals surface area (Å²) in [6.45, 7) is 5.30. The topological polar surface area (TPSA) is 88.9 Å². The number of likely N-dealkylation sites (tertiary alicyclic amines) is 1. The van der Waals surface area contributed by atoms with Gasteiger partial charge in [0.2, 0.25) is 0 Å². The number of ether oxygens (including phenoxy) is 1. The van der Waals surface area contributed by atoms with E-state index in [9.17, 15) is 4.79 Å². The van der Waals surface area contributed by atoms with Crippen LogP contribution in [0.2, 0.25) is 0 Å². The summed E-state index contributed by atoms with van der Waals surface area (Å²) in [6.07, 6.45) is 6.90. The normalized spacial score (nSPS) is 21.4. The smallest absolute Gasteiger partial charge is 0.253 e. The number of hydrogen-bond donors (Lipinski definition) is 1. The Labute approximate surface area is 181 Å². The Morgan fingerprint density at radius 2 is 2.03 bits per heavy atom. The van der Waals surface area contributed by atoms with Gasteiger partial charge in [-0.3, -0.25) is 9.69 Å². The molecule has 8 nitrogen and oxygen atoms in total. The van der Waals surface area contributed by atoms with E-state index in [-0.39, 0.29) is 17.7 Å². The summed E-state index contributed by atoms with van der Waals surface area (Å²) < 4.78 is 7.68. The zero-order valence-electron chi connectivity index (χ0n) is 18.1. The maximum Gasteiger partial charge on any atom is 0.253 e. The van der Waals surface area contributed by atoms with E-state index in [1.165, 1.54) is 12.8 Å². The molecule has 2 aliphatic rings. The summed E-state index contributed by atoms with van der Waals surface area (Å²) in [5.74, 6) is 0.731. The standard InChI is InChI=1S/C23H30N6O2/c1-16-8-6-9-17-14-19(23(30)24-20(16)17)21(28-11-4-2-3-5-12-28)22-25-26-27-29(22)15-18-10-7-13-31-18/h6,8-9,14,18,21H,2-5,7,10-13,15H2,1H3,(H,24,30)/t18-,21-/m1/s1. The van der Waals surface area contributed by atoms with E-state index in [4.69, 9.17) is 4.74 Å². The van der Waals surface area contributed by atoms with Gasteiger partial charge in [-0.05, 0) is 73.1 Å². The number of pyridine rings is 1. The largest absolute Gasteiger partial charge is 0.376 e. The molecular weight excluding hydrogens is 392 g/mol. The van der Waals surface area contributed by atoms with Crippen LogP contribution in [0.25, 0.3) is 10.9 Å². The molecule has 1 aromatic carbocycles. The maximum atomic E-state index is 13.3. The lowest BCUT2D eigenvalue weighted by Gasteiger charge is -2.30. The minimum atomic E-state index is -0.275. The van der Waals surface area contributed by atoms with E-state index < -0.39 is 0 Å². The molecule has 2 atom stereocenters. The van der Waals surface area contributed by atoms with Crippen LogP contribution in [-0.4, -0.2) is 55.9 Å². The van der Waals surface area contributed by atoms with Crippen LogP contribution in [0.4, 0.5) is 0 Å². The molecule has 5 rings (SSSR count). The highest BCUT2D eigenvalue weighted by Gasteiger charge is 2.32. The van der Waals surface area contributed by atoms with E-state index >= 15 is 0 Å². The fourth-order valence-electron chi connectivity index (χ4n) is 4.97. The molecule has 0 unspecified atom stereocenters. The molecule has 0 amide bonds. The van der Waals surface area contributed by atoms with Crippen LogP contribution in [0.15, 0.2) is 29.1 Å². The van der Waals surface area contributed by atoms with Crippen molar-refractivity contribution in [1.82, 2.24) is 30.1 Å². The number of H-pyrrole nitrogens is 1. The zero-order valence-corrected chi connectivity index (χ0v) is 18.1. The lowest BCUT2D eigenvalue weighted by molar-refractivity contribution is 0.0909. The van der Waals surface area contributed by atoms with Crippen molar-refractivity contribution in [3.05, 3.63) is 51.6 Å². The number of hydrogen-bond acceptors (Lipinski definition) is 6. The SMILES string of the molecule is Cc1cccc2cc([C@H](c3nnnn3C[C@H]3CCCO3)N3CCCCCC3)c(=O)[nH]c12. The van der Waals surface area contributed by atoms with E-state index in [2.05, 4.69) is 31.5 Å². The average molecular weight is 423 g/mol. The summed E-state index contributed by atoms with van der Waals surface area (Å²) in [4.78, 5) is 18.8. The summed E-state index contributed by atoms with van der Waals surface area (Å²) in [5, 5.41) is 13.8. The predicted molar refractivity (Wildman–Crippen MR) is 118 cm³/mol. The first-order valence-electron chi connectivity index (χ1n) is 11.4. The van der Waals surface area contributed by atoms with Crippen LogP contribution >= 0.6 is 0 Å². The van der Waals surface area contributed by atoms with Gasteiger partial charge in [0.1, 0.15) is 6.04 Å². The Balaban J connectivity index is 1.60. The zero-order chi connectivity index (χ0) is 21.2. The van der Waals surface area contributed by atoms with E-state index in [1.807, 2.05) is 29.8 Å². The minimum Gasteiger partial charge on any atom is -0.376 e. The number of para-hydroxylation sites is 1. The molecular formula is C23H30N6O2. The fraction of sp³-hybridized carbons (Fsp3) is 0.565. The molecule has 0 saturated carbocycles. The van der Waals surface area contributed by atoms with E-state index in [1.54, 1.807) is 0 Å². The number of aromatic amines is 1. The Bertz CT molecular complexity index is 1090. The second-order valence-electron chi connectivity index (χ2n) is 8.80. The van der Waals surface area contributed by atoms with Gasteiger partial charge in [0.25, 0.3) is 5.56 Å². The van der Waals surface area contributed by atoms with Crippen molar-refractivity contribution < 1.29 is 4.74 Å². The van der Waals surface area contributed by atoms with Crippen LogP contribution in [0.3, 0.4) is 0 Å². The highest BCUT2D eigenvalue weighted by Crippen LogP contribution is 2.30. The first-order valence-corrected chi connectivity index (χ1v) is 11.4. The van der Waals surface area contributed by atoms with Crippen LogP contribution in [-0.2, 0) is 11.3 Å². The Morgan fingerprint density at radius 3 is 2.81 bits per heavy atom. The molecule has 0 radical (unpaired) electrons. The number of nitrogens with zero attached hydrogens (tertiary/aromatic N) is 5. The molecule has 4 heterocycles. The predicted octanol–water partition coefficient (Wildman–Crippen LogP) is 2.97. The molecule has 0 spiro atoms. The van der Waals surface area contributed by atoms with Crippen LogP contribution in [0.5, 0.6) is 0 Å². The molecule has 0 aliphatic carbocycles. The first-order chi connectivity index (χ1) is 15.2. The van der Waals surface area contributed by atoms with Crippen molar-refractivity contribution in [2.24, 2.45) is 0 Å². The van der Waals surface area contributed by atoms with Gasteiger partial charge < -0.3 is 9.72 Å². The molecule has 0 bridgehead atoms. The van der Waals surface area contributed by atoms with Gasteiger partial charge in [-0.25, -0.2) is 4.68 Å². The van der Waals surface area contributed by atoms with Gasteiger partial charge in [0, 0.05) is 12.2 Å². The van der Waals surface area contributed by atoms with Crippen molar-refractivity contribution in [3.63, 3.8) is 0 Å². The number of fused-ring (bicyclic) bond motifs is 1. The molecule has 164 valence electrons. The van der Waals surface area contributed by atoms with Crippen molar-refractivity contribution >= 4 is 10.9 Å². The number of aromatic nitrogens is 5. The van der Waals surface area contributed by atoms with Crippen LogP contribution < -0.4 is 5.56 Å². The van der Waals surface area contributed by atoms with Gasteiger partial charge in [0.15, 0.2) is 5.82 Å². The van der Waals surface area contributed by atoms with Gasteiger partial charge in [-0.15, -0.1) is 5.10 Å².